The van der Waals surface area contributed by atoms with Crippen molar-refractivity contribution in [3.05, 3.63) is 35.4 Å². The van der Waals surface area contributed by atoms with E-state index in [2.05, 4.69) is 39.9 Å². The lowest BCUT2D eigenvalue weighted by molar-refractivity contribution is -0.157. The quantitative estimate of drug-likeness (QED) is 0.523. The largest absolute Gasteiger partial charge is 0.351 e. The van der Waals surface area contributed by atoms with E-state index in [-0.39, 0.29) is 46.1 Å². The van der Waals surface area contributed by atoms with Gasteiger partial charge in [-0.25, -0.2) is 0 Å². The fraction of sp³-hybridized carbons (Fsp3) is 0.710. The van der Waals surface area contributed by atoms with Gasteiger partial charge in [0.05, 0.1) is 0 Å². The molecule has 4 aliphatic rings. The Balaban J connectivity index is 1.40. The van der Waals surface area contributed by atoms with E-state index in [0.717, 1.165) is 50.5 Å². The zero-order valence-electron chi connectivity index (χ0n) is 23.0. The fourth-order valence-electron chi connectivity index (χ4n) is 8.94. The number of amides is 3. The van der Waals surface area contributed by atoms with Gasteiger partial charge in [0, 0.05) is 29.5 Å². The van der Waals surface area contributed by atoms with E-state index in [0.29, 0.717) is 29.7 Å². The second-order valence-electron chi connectivity index (χ2n) is 13.8. The topological polar surface area (TPSA) is 66.5 Å². The first-order valence-electron chi connectivity index (χ1n) is 14.1. The van der Waals surface area contributed by atoms with Crippen molar-refractivity contribution in [2.45, 2.75) is 104 Å². The van der Waals surface area contributed by atoms with Gasteiger partial charge in [0.15, 0.2) is 0 Å². The van der Waals surface area contributed by atoms with Gasteiger partial charge in [-0.05, 0) is 113 Å². The molecule has 7 atom stereocenters. The van der Waals surface area contributed by atoms with E-state index in [4.69, 9.17) is 0 Å². The average molecular weight is 493 g/mol. The summed E-state index contributed by atoms with van der Waals surface area (Å²) in [6, 6.07) is 7.61. The van der Waals surface area contributed by atoms with Crippen molar-refractivity contribution in [3.8, 4) is 0 Å². The number of imide groups is 1. The number of carbonyl (C=O) groups is 3. The van der Waals surface area contributed by atoms with Gasteiger partial charge >= 0.3 is 0 Å². The SMILES string of the molecule is Cc1cccc(C(=O)N2C(=O)CC[C@]3(C)C4CC[C@]5(C)C(C(=O)NC(C)(C)C)CCC5C4CC[C@@H]23)c1. The summed E-state index contributed by atoms with van der Waals surface area (Å²) in [5, 5.41) is 3.27. The molecule has 1 aliphatic heterocycles. The molecule has 4 fully saturated rings. The van der Waals surface area contributed by atoms with E-state index in [1.54, 1.807) is 4.90 Å². The van der Waals surface area contributed by atoms with Crippen LogP contribution in [0.1, 0.15) is 102 Å². The summed E-state index contributed by atoms with van der Waals surface area (Å²) in [6.45, 7) is 12.9. The predicted molar refractivity (Wildman–Crippen MR) is 141 cm³/mol. The Morgan fingerprint density at radius 3 is 2.39 bits per heavy atom. The van der Waals surface area contributed by atoms with Crippen LogP contribution in [0.15, 0.2) is 24.3 Å². The number of hydrogen-bond acceptors (Lipinski definition) is 3. The highest BCUT2D eigenvalue weighted by Crippen LogP contribution is 2.66. The second-order valence-corrected chi connectivity index (χ2v) is 13.8. The Hall–Kier alpha value is -2.17. The summed E-state index contributed by atoms with van der Waals surface area (Å²) in [7, 11) is 0. The summed E-state index contributed by atoms with van der Waals surface area (Å²) in [5.41, 5.74) is 1.44. The van der Waals surface area contributed by atoms with Crippen LogP contribution in [0.5, 0.6) is 0 Å². The Kier molecular flexibility index (Phi) is 6.16. The van der Waals surface area contributed by atoms with E-state index in [9.17, 15) is 14.4 Å². The van der Waals surface area contributed by atoms with E-state index >= 15 is 0 Å². The van der Waals surface area contributed by atoms with Crippen LogP contribution in [-0.4, -0.2) is 34.2 Å². The summed E-state index contributed by atoms with van der Waals surface area (Å²) in [4.78, 5) is 41.8. The lowest BCUT2D eigenvalue weighted by Crippen LogP contribution is -2.63. The summed E-state index contributed by atoms with van der Waals surface area (Å²) >= 11 is 0. The first-order chi connectivity index (χ1) is 16.8. The molecule has 1 saturated heterocycles. The third-order valence-electron chi connectivity index (χ3n) is 10.6. The van der Waals surface area contributed by atoms with Crippen molar-refractivity contribution in [3.63, 3.8) is 0 Å². The van der Waals surface area contributed by atoms with Crippen molar-refractivity contribution < 1.29 is 14.4 Å². The van der Waals surface area contributed by atoms with Crippen LogP contribution in [0.3, 0.4) is 0 Å². The Morgan fingerprint density at radius 2 is 1.69 bits per heavy atom. The number of rotatable bonds is 2. The fourth-order valence-corrected chi connectivity index (χ4v) is 8.94. The standard InChI is InChI=1S/C31H44N2O3/c1-19-8-7-9-20(18-19)28(36)33-25-13-10-21-22-11-12-24(27(35)32-29(2,3)4)30(22,5)16-14-23(21)31(25,6)17-15-26(33)34/h7-9,18,21-25H,10-17H2,1-6H3,(H,32,35)/t21?,22?,23?,24?,25-,30+,31-/m1/s1. The molecule has 5 rings (SSSR count). The highest BCUT2D eigenvalue weighted by atomic mass is 16.2. The third kappa shape index (κ3) is 4.01. The third-order valence-corrected chi connectivity index (χ3v) is 10.6. The molecule has 0 radical (unpaired) electrons. The molecule has 1 N–H and O–H groups in total. The van der Waals surface area contributed by atoms with Gasteiger partial charge in [0.2, 0.25) is 11.8 Å². The van der Waals surface area contributed by atoms with Gasteiger partial charge in [0.1, 0.15) is 0 Å². The van der Waals surface area contributed by atoms with Crippen LogP contribution in [0.4, 0.5) is 0 Å². The Labute approximate surface area is 216 Å². The molecule has 1 aromatic carbocycles. The van der Waals surface area contributed by atoms with E-state index in [1.807, 2.05) is 31.2 Å². The molecule has 3 saturated carbocycles. The van der Waals surface area contributed by atoms with E-state index < -0.39 is 0 Å². The molecule has 4 unspecified atom stereocenters. The van der Waals surface area contributed by atoms with Crippen LogP contribution >= 0.6 is 0 Å². The summed E-state index contributed by atoms with van der Waals surface area (Å²) in [6.07, 6.45) is 7.48. The highest BCUT2D eigenvalue weighted by Gasteiger charge is 2.63. The number of carbonyl (C=O) groups excluding carboxylic acids is 3. The maximum absolute atomic E-state index is 13.6. The molecule has 3 aliphatic carbocycles. The molecule has 1 aromatic rings. The summed E-state index contributed by atoms with van der Waals surface area (Å²) in [5.74, 6) is 1.79. The number of nitrogens with one attached hydrogen (secondary N) is 1. The highest BCUT2D eigenvalue weighted by molar-refractivity contribution is 6.05. The second kappa shape index (κ2) is 8.70. The molecule has 1 heterocycles. The number of aryl methyl sites for hydroxylation is 1. The molecular formula is C31H44N2O3. The number of benzene rings is 1. The van der Waals surface area contributed by atoms with Crippen LogP contribution < -0.4 is 5.32 Å². The minimum atomic E-state index is -0.212. The Bertz CT molecular complexity index is 1070. The number of nitrogens with zero attached hydrogens (tertiary/aromatic N) is 1. The van der Waals surface area contributed by atoms with Crippen molar-refractivity contribution in [2.75, 3.05) is 0 Å². The molecule has 3 amide bonds. The molecule has 5 heteroatoms. The number of fused-ring (bicyclic) bond motifs is 5. The zero-order chi connectivity index (χ0) is 26.0. The zero-order valence-corrected chi connectivity index (χ0v) is 23.0. The lowest BCUT2D eigenvalue weighted by atomic mass is 9.46. The van der Waals surface area contributed by atoms with Gasteiger partial charge in [-0.3, -0.25) is 19.3 Å². The van der Waals surface area contributed by atoms with Crippen molar-refractivity contribution in [2.24, 2.45) is 34.5 Å². The van der Waals surface area contributed by atoms with Gasteiger partial charge < -0.3 is 5.32 Å². The lowest BCUT2D eigenvalue weighted by Gasteiger charge is -2.61. The molecule has 0 bridgehead atoms. The minimum absolute atomic E-state index is 0.0112. The average Bonchev–Trinajstić information content (AvgIpc) is 3.15. The molecule has 0 spiro atoms. The normalized spacial score (nSPS) is 38.1. The van der Waals surface area contributed by atoms with Crippen LogP contribution in [-0.2, 0) is 9.59 Å². The monoisotopic (exact) mass is 492 g/mol. The van der Waals surface area contributed by atoms with Crippen molar-refractivity contribution in [1.29, 1.82) is 0 Å². The first kappa shape index (κ1) is 25.5. The van der Waals surface area contributed by atoms with Crippen LogP contribution in [0.25, 0.3) is 0 Å². The number of hydrogen-bond donors (Lipinski definition) is 1. The maximum Gasteiger partial charge on any atom is 0.260 e. The molecule has 5 nitrogen and oxygen atoms in total. The van der Waals surface area contributed by atoms with Gasteiger partial charge in [-0.1, -0.05) is 31.5 Å². The molecule has 36 heavy (non-hydrogen) atoms. The van der Waals surface area contributed by atoms with E-state index in [1.165, 1.54) is 0 Å². The molecule has 196 valence electrons. The van der Waals surface area contributed by atoms with Crippen molar-refractivity contribution >= 4 is 17.7 Å². The Morgan fingerprint density at radius 1 is 0.972 bits per heavy atom. The number of piperidine rings is 1. The number of likely N-dealkylation sites (tertiary alicyclic amines) is 1. The van der Waals surface area contributed by atoms with Crippen molar-refractivity contribution in [1.82, 2.24) is 10.2 Å². The summed E-state index contributed by atoms with van der Waals surface area (Å²) < 4.78 is 0. The van der Waals surface area contributed by atoms with Crippen LogP contribution in [0, 0.1) is 41.4 Å². The molecule has 0 aromatic heterocycles. The smallest absolute Gasteiger partial charge is 0.260 e. The van der Waals surface area contributed by atoms with Crippen LogP contribution in [0.2, 0.25) is 0 Å². The molecular weight excluding hydrogens is 448 g/mol. The predicted octanol–water partition coefficient (Wildman–Crippen LogP) is 5.90. The van der Waals surface area contributed by atoms with Gasteiger partial charge in [-0.2, -0.15) is 0 Å². The first-order valence-corrected chi connectivity index (χ1v) is 14.1. The van der Waals surface area contributed by atoms with Gasteiger partial charge in [0.25, 0.3) is 5.91 Å². The van der Waals surface area contributed by atoms with Gasteiger partial charge in [-0.15, -0.1) is 0 Å². The maximum atomic E-state index is 13.6. The minimum Gasteiger partial charge on any atom is -0.351 e.